The second-order valence-corrected chi connectivity index (χ2v) is 6.27. The van der Waals surface area contributed by atoms with Crippen LogP contribution in [0.3, 0.4) is 0 Å². The van der Waals surface area contributed by atoms with Gasteiger partial charge in [0.25, 0.3) is 0 Å². The summed E-state index contributed by atoms with van der Waals surface area (Å²) in [6.45, 7) is 3.89. The van der Waals surface area contributed by atoms with Gasteiger partial charge < -0.3 is 10.6 Å². The summed E-state index contributed by atoms with van der Waals surface area (Å²) < 4.78 is 36.9. The van der Waals surface area contributed by atoms with Gasteiger partial charge in [0.15, 0.2) is 5.82 Å². The third-order valence-electron chi connectivity index (χ3n) is 3.15. The molecule has 2 rings (SSSR count). The van der Waals surface area contributed by atoms with Crippen LogP contribution in [-0.2, 0) is 11.3 Å². The summed E-state index contributed by atoms with van der Waals surface area (Å²) >= 11 is -0.143. The summed E-state index contributed by atoms with van der Waals surface area (Å²) in [5.74, 6) is 0.776. The average Bonchev–Trinajstić information content (AvgIpc) is 2.54. The van der Waals surface area contributed by atoms with E-state index in [2.05, 4.69) is 20.6 Å². The van der Waals surface area contributed by atoms with E-state index in [9.17, 15) is 18.0 Å². The van der Waals surface area contributed by atoms with Crippen molar-refractivity contribution in [3.05, 3.63) is 41.7 Å². The van der Waals surface area contributed by atoms with Crippen LogP contribution in [0.5, 0.6) is 0 Å². The first-order valence-corrected chi connectivity index (χ1v) is 8.30. The van der Waals surface area contributed by atoms with Gasteiger partial charge in [0.2, 0.25) is 5.91 Å². The molecule has 0 fully saturated rings. The standard InChI is InChI=1S/C16H17F3N4OS/c1-3-14(24)23-13-9-21-15(10(2)22-13)20-8-11-4-6-12(7-5-11)25-16(17,18)19/h4-7,9H,3,8H2,1-2H3,(H,20,21)(H,22,23,24). The molecule has 0 aliphatic carbocycles. The first kappa shape index (κ1) is 19.0. The number of hydrogen-bond acceptors (Lipinski definition) is 5. The van der Waals surface area contributed by atoms with E-state index in [0.29, 0.717) is 30.3 Å². The number of anilines is 2. The second-order valence-electron chi connectivity index (χ2n) is 5.14. The van der Waals surface area contributed by atoms with Crippen LogP contribution in [0.2, 0.25) is 0 Å². The fourth-order valence-electron chi connectivity index (χ4n) is 1.94. The summed E-state index contributed by atoms with van der Waals surface area (Å²) in [5.41, 5.74) is -2.87. The number of amides is 1. The minimum absolute atomic E-state index is 0.142. The van der Waals surface area contributed by atoms with Gasteiger partial charge in [-0.25, -0.2) is 9.97 Å². The Morgan fingerprint density at radius 3 is 2.48 bits per heavy atom. The van der Waals surface area contributed by atoms with E-state index in [-0.39, 0.29) is 22.6 Å². The molecule has 5 nitrogen and oxygen atoms in total. The van der Waals surface area contributed by atoms with E-state index in [0.717, 1.165) is 5.56 Å². The van der Waals surface area contributed by atoms with Gasteiger partial charge in [-0.05, 0) is 36.4 Å². The van der Waals surface area contributed by atoms with E-state index in [1.807, 2.05) is 0 Å². The van der Waals surface area contributed by atoms with Gasteiger partial charge in [-0.2, -0.15) is 13.2 Å². The number of carbonyl (C=O) groups excluding carboxylic acids is 1. The van der Waals surface area contributed by atoms with Gasteiger partial charge in [0, 0.05) is 17.9 Å². The molecule has 0 atom stereocenters. The number of alkyl halides is 3. The first-order chi connectivity index (χ1) is 11.8. The number of hydrogen-bond donors (Lipinski definition) is 2. The molecule has 0 unspecified atom stereocenters. The molecule has 0 aliphatic heterocycles. The number of aryl methyl sites for hydroxylation is 1. The minimum Gasteiger partial charge on any atom is -0.364 e. The van der Waals surface area contributed by atoms with Crippen LogP contribution < -0.4 is 10.6 Å². The molecular formula is C16H17F3N4OS. The number of halogens is 3. The van der Waals surface area contributed by atoms with Crippen molar-refractivity contribution < 1.29 is 18.0 Å². The van der Waals surface area contributed by atoms with Crippen molar-refractivity contribution in [1.82, 2.24) is 9.97 Å². The van der Waals surface area contributed by atoms with E-state index in [1.54, 1.807) is 26.0 Å². The molecule has 0 spiro atoms. The normalized spacial score (nSPS) is 11.2. The Morgan fingerprint density at radius 1 is 1.24 bits per heavy atom. The number of nitrogens with zero attached hydrogens (tertiary/aromatic N) is 2. The Morgan fingerprint density at radius 2 is 1.92 bits per heavy atom. The van der Waals surface area contributed by atoms with E-state index >= 15 is 0 Å². The molecule has 134 valence electrons. The topological polar surface area (TPSA) is 66.9 Å². The van der Waals surface area contributed by atoms with Crippen molar-refractivity contribution in [1.29, 1.82) is 0 Å². The van der Waals surface area contributed by atoms with E-state index in [4.69, 9.17) is 0 Å². The van der Waals surface area contributed by atoms with Gasteiger partial charge in [0.1, 0.15) is 5.82 Å². The van der Waals surface area contributed by atoms with Crippen LogP contribution in [0.1, 0.15) is 24.6 Å². The van der Waals surface area contributed by atoms with Gasteiger partial charge in [0.05, 0.1) is 11.9 Å². The predicted octanol–water partition coefficient (Wildman–Crippen LogP) is 4.36. The maximum Gasteiger partial charge on any atom is 0.446 e. The highest BCUT2D eigenvalue weighted by molar-refractivity contribution is 8.00. The number of nitrogens with one attached hydrogen (secondary N) is 2. The molecule has 9 heteroatoms. The second kappa shape index (κ2) is 8.19. The highest BCUT2D eigenvalue weighted by Crippen LogP contribution is 2.36. The molecule has 1 amide bonds. The van der Waals surface area contributed by atoms with E-state index in [1.165, 1.54) is 18.3 Å². The lowest BCUT2D eigenvalue weighted by atomic mass is 10.2. The van der Waals surface area contributed by atoms with Crippen molar-refractivity contribution >= 4 is 29.3 Å². The highest BCUT2D eigenvalue weighted by atomic mass is 32.2. The molecule has 1 aromatic carbocycles. The summed E-state index contributed by atoms with van der Waals surface area (Å²) in [6, 6.07) is 6.10. The maximum atomic E-state index is 12.3. The molecule has 2 N–H and O–H groups in total. The summed E-state index contributed by atoms with van der Waals surface area (Å²) in [7, 11) is 0. The zero-order valence-electron chi connectivity index (χ0n) is 13.6. The number of rotatable bonds is 6. The van der Waals surface area contributed by atoms with Gasteiger partial charge >= 0.3 is 5.51 Å². The molecule has 0 bridgehead atoms. The van der Waals surface area contributed by atoms with E-state index < -0.39 is 5.51 Å². The molecule has 1 aromatic heterocycles. The number of carbonyl (C=O) groups is 1. The van der Waals surface area contributed by atoms with Crippen molar-refractivity contribution in [2.75, 3.05) is 10.6 Å². The zero-order valence-corrected chi connectivity index (χ0v) is 14.5. The summed E-state index contributed by atoms with van der Waals surface area (Å²) in [4.78, 5) is 19.9. The quantitative estimate of drug-likeness (QED) is 0.740. The van der Waals surface area contributed by atoms with Crippen LogP contribution in [0, 0.1) is 6.92 Å². The SMILES string of the molecule is CCC(=O)Nc1cnc(NCc2ccc(SC(F)(F)F)cc2)c(C)n1. The Bertz CT molecular complexity index is 735. The monoisotopic (exact) mass is 370 g/mol. The predicted molar refractivity (Wildman–Crippen MR) is 91.4 cm³/mol. The average molecular weight is 370 g/mol. The zero-order chi connectivity index (χ0) is 18.4. The van der Waals surface area contributed by atoms with Gasteiger partial charge in [-0.15, -0.1) is 0 Å². The van der Waals surface area contributed by atoms with Crippen LogP contribution >= 0.6 is 11.8 Å². The third-order valence-corrected chi connectivity index (χ3v) is 3.89. The van der Waals surface area contributed by atoms with Crippen LogP contribution in [0.4, 0.5) is 24.8 Å². The van der Waals surface area contributed by atoms with Crippen LogP contribution in [0.25, 0.3) is 0 Å². The van der Waals surface area contributed by atoms with Crippen LogP contribution in [-0.4, -0.2) is 21.4 Å². The van der Waals surface area contributed by atoms with Gasteiger partial charge in [-0.3, -0.25) is 4.79 Å². The fraction of sp³-hybridized carbons (Fsp3) is 0.312. The lowest BCUT2D eigenvalue weighted by molar-refractivity contribution is -0.115. The molecule has 0 radical (unpaired) electrons. The molecule has 1 heterocycles. The number of thioether (sulfide) groups is 1. The molecule has 25 heavy (non-hydrogen) atoms. The lowest BCUT2D eigenvalue weighted by Crippen LogP contribution is -2.12. The maximum absolute atomic E-state index is 12.3. The largest absolute Gasteiger partial charge is 0.446 e. The highest BCUT2D eigenvalue weighted by Gasteiger charge is 2.28. The van der Waals surface area contributed by atoms with Crippen molar-refractivity contribution in [2.24, 2.45) is 0 Å². The Labute approximate surface area is 147 Å². The van der Waals surface area contributed by atoms with Crippen molar-refractivity contribution in [2.45, 2.75) is 37.2 Å². The minimum atomic E-state index is -4.29. The third kappa shape index (κ3) is 6.26. The number of benzene rings is 1. The Balaban J connectivity index is 1.95. The van der Waals surface area contributed by atoms with Crippen molar-refractivity contribution in [3.8, 4) is 0 Å². The molecule has 0 saturated carbocycles. The fourth-order valence-corrected chi connectivity index (χ4v) is 2.48. The number of aromatic nitrogens is 2. The molecular weight excluding hydrogens is 353 g/mol. The summed E-state index contributed by atoms with van der Waals surface area (Å²) in [5, 5.41) is 5.70. The van der Waals surface area contributed by atoms with Crippen LogP contribution in [0.15, 0.2) is 35.4 Å². The molecule has 2 aromatic rings. The summed E-state index contributed by atoms with van der Waals surface area (Å²) in [6.07, 6.45) is 1.80. The van der Waals surface area contributed by atoms with Crippen molar-refractivity contribution in [3.63, 3.8) is 0 Å². The molecule has 0 aliphatic rings. The molecule has 0 saturated heterocycles. The lowest BCUT2D eigenvalue weighted by Gasteiger charge is -2.10. The Hall–Kier alpha value is -2.29. The first-order valence-electron chi connectivity index (χ1n) is 7.49. The van der Waals surface area contributed by atoms with Gasteiger partial charge in [-0.1, -0.05) is 19.1 Å². The smallest absolute Gasteiger partial charge is 0.364 e. The Kier molecular flexibility index (Phi) is 6.24.